The van der Waals surface area contributed by atoms with E-state index in [1.165, 1.54) is 28.5 Å². The molecule has 0 radical (unpaired) electrons. The van der Waals surface area contributed by atoms with Crippen molar-refractivity contribution in [3.05, 3.63) is 77.5 Å². The SMILES string of the molecule is COc1ccc(C(=O)Nc2ccc3c(c2)-c2ccccc2C3)cn1. The summed E-state index contributed by atoms with van der Waals surface area (Å²) in [6, 6.07) is 17.8. The van der Waals surface area contributed by atoms with E-state index in [1.54, 1.807) is 19.2 Å². The Morgan fingerprint density at radius 3 is 2.67 bits per heavy atom. The molecule has 0 saturated carbocycles. The monoisotopic (exact) mass is 316 g/mol. The molecular formula is C20H16N2O2. The van der Waals surface area contributed by atoms with Crippen LogP contribution in [-0.4, -0.2) is 18.0 Å². The van der Waals surface area contributed by atoms with E-state index in [9.17, 15) is 4.79 Å². The smallest absolute Gasteiger partial charge is 0.257 e. The number of anilines is 1. The molecule has 4 heteroatoms. The minimum absolute atomic E-state index is 0.184. The summed E-state index contributed by atoms with van der Waals surface area (Å²) in [5.74, 6) is 0.303. The Kier molecular flexibility index (Phi) is 3.50. The molecule has 0 bridgehead atoms. The van der Waals surface area contributed by atoms with Crippen LogP contribution in [0.5, 0.6) is 5.88 Å². The van der Waals surface area contributed by atoms with Crippen LogP contribution in [0.4, 0.5) is 5.69 Å². The average Bonchev–Trinajstić information content (AvgIpc) is 3.00. The molecule has 1 aliphatic rings. The molecule has 0 fully saturated rings. The van der Waals surface area contributed by atoms with Gasteiger partial charge in [-0.2, -0.15) is 0 Å². The van der Waals surface area contributed by atoms with Gasteiger partial charge in [0.15, 0.2) is 0 Å². The number of amides is 1. The van der Waals surface area contributed by atoms with E-state index < -0.39 is 0 Å². The van der Waals surface area contributed by atoms with Crippen LogP contribution < -0.4 is 10.1 Å². The summed E-state index contributed by atoms with van der Waals surface area (Å²) in [4.78, 5) is 16.4. The number of ether oxygens (including phenoxy) is 1. The molecule has 0 aliphatic heterocycles. The van der Waals surface area contributed by atoms with E-state index in [2.05, 4.69) is 34.6 Å². The van der Waals surface area contributed by atoms with Gasteiger partial charge in [0.2, 0.25) is 5.88 Å². The molecule has 24 heavy (non-hydrogen) atoms. The van der Waals surface area contributed by atoms with Crippen molar-refractivity contribution >= 4 is 11.6 Å². The minimum atomic E-state index is -0.184. The van der Waals surface area contributed by atoms with E-state index in [-0.39, 0.29) is 5.91 Å². The van der Waals surface area contributed by atoms with E-state index in [0.29, 0.717) is 11.4 Å². The van der Waals surface area contributed by atoms with Gasteiger partial charge < -0.3 is 10.1 Å². The molecule has 3 aromatic rings. The number of fused-ring (bicyclic) bond motifs is 3. The molecule has 1 N–H and O–H groups in total. The fourth-order valence-electron chi connectivity index (χ4n) is 3.04. The highest BCUT2D eigenvalue weighted by atomic mass is 16.5. The molecule has 0 unspecified atom stereocenters. The Labute approximate surface area is 140 Å². The Balaban J connectivity index is 1.59. The first kappa shape index (κ1) is 14.5. The number of hydrogen-bond donors (Lipinski definition) is 1. The largest absolute Gasteiger partial charge is 0.481 e. The summed E-state index contributed by atoms with van der Waals surface area (Å²) in [7, 11) is 1.55. The highest BCUT2D eigenvalue weighted by molar-refractivity contribution is 6.04. The van der Waals surface area contributed by atoms with E-state index in [4.69, 9.17) is 4.74 Å². The van der Waals surface area contributed by atoms with Crippen molar-refractivity contribution in [3.8, 4) is 17.0 Å². The number of nitrogens with zero attached hydrogens (tertiary/aromatic N) is 1. The van der Waals surface area contributed by atoms with Crippen molar-refractivity contribution in [2.24, 2.45) is 0 Å². The first-order valence-electron chi connectivity index (χ1n) is 7.77. The van der Waals surface area contributed by atoms with Gasteiger partial charge in [-0.05, 0) is 46.9 Å². The maximum Gasteiger partial charge on any atom is 0.257 e. The molecule has 1 aliphatic carbocycles. The quantitative estimate of drug-likeness (QED) is 0.623. The topological polar surface area (TPSA) is 51.2 Å². The number of rotatable bonds is 3. The maximum atomic E-state index is 12.4. The molecule has 4 rings (SSSR count). The number of methoxy groups -OCH3 is 1. The summed E-state index contributed by atoms with van der Waals surface area (Å²) in [5.41, 5.74) is 6.34. The minimum Gasteiger partial charge on any atom is -0.481 e. The second kappa shape index (κ2) is 5.81. The van der Waals surface area contributed by atoms with Crippen LogP contribution in [0, 0.1) is 0 Å². The van der Waals surface area contributed by atoms with Crippen LogP contribution in [0.25, 0.3) is 11.1 Å². The third-order valence-electron chi connectivity index (χ3n) is 4.26. The third kappa shape index (κ3) is 2.52. The van der Waals surface area contributed by atoms with Gasteiger partial charge in [0.1, 0.15) is 0 Å². The Hall–Kier alpha value is -3.14. The second-order valence-electron chi connectivity index (χ2n) is 5.75. The first-order chi connectivity index (χ1) is 11.7. The lowest BCUT2D eigenvalue weighted by molar-refractivity contribution is 0.102. The van der Waals surface area contributed by atoms with Crippen molar-refractivity contribution in [3.63, 3.8) is 0 Å². The van der Waals surface area contributed by atoms with Crippen molar-refractivity contribution in [2.75, 3.05) is 12.4 Å². The predicted molar refractivity (Wildman–Crippen MR) is 93.4 cm³/mol. The fraction of sp³-hybridized carbons (Fsp3) is 0.100. The van der Waals surface area contributed by atoms with Crippen LogP contribution in [0.2, 0.25) is 0 Å². The molecular weight excluding hydrogens is 300 g/mol. The highest BCUT2D eigenvalue weighted by Crippen LogP contribution is 2.37. The molecule has 4 nitrogen and oxygen atoms in total. The van der Waals surface area contributed by atoms with E-state index in [1.807, 2.05) is 18.2 Å². The molecule has 0 atom stereocenters. The molecule has 0 spiro atoms. The van der Waals surface area contributed by atoms with Gasteiger partial charge in [0, 0.05) is 18.0 Å². The molecule has 1 heterocycles. The normalized spacial score (nSPS) is 11.5. The lowest BCUT2D eigenvalue weighted by Crippen LogP contribution is -2.12. The van der Waals surface area contributed by atoms with Gasteiger partial charge in [-0.25, -0.2) is 4.98 Å². The number of pyridine rings is 1. The zero-order chi connectivity index (χ0) is 16.5. The fourth-order valence-corrected chi connectivity index (χ4v) is 3.04. The van der Waals surface area contributed by atoms with Crippen molar-refractivity contribution < 1.29 is 9.53 Å². The summed E-state index contributed by atoms with van der Waals surface area (Å²) in [5, 5.41) is 2.94. The van der Waals surface area contributed by atoms with Crippen LogP contribution in [0.3, 0.4) is 0 Å². The highest BCUT2D eigenvalue weighted by Gasteiger charge is 2.18. The predicted octanol–water partition coefficient (Wildman–Crippen LogP) is 3.91. The van der Waals surface area contributed by atoms with Crippen molar-refractivity contribution in [1.82, 2.24) is 4.98 Å². The maximum absolute atomic E-state index is 12.4. The number of nitrogens with one attached hydrogen (secondary N) is 1. The standard InChI is InChI=1S/C20H16N2O2/c1-24-19-9-7-15(12-21-19)20(23)22-16-8-6-14-10-13-4-2-3-5-17(13)18(14)11-16/h2-9,11-12H,10H2,1H3,(H,22,23). The molecule has 118 valence electrons. The van der Waals surface area contributed by atoms with Gasteiger partial charge in [0.25, 0.3) is 5.91 Å². The summed E-state index contributed by atoms with van der Waals surface area (Å²) in [6.07, 6.45) is 2.46. The van der Waals surface area contributed by atoms with Gasteiger partial charge in [-0.3, -0.25) is 4.79 Å². The zero-order valence-corrected chi connectivity index (χ0v) is 13.2. The number of aromatic nitrogens is 1. The Bertz CT molecular complexity index is 917. The second-order valence-corrected chi connectivity index (χ2v) is 5.75. The van der Waals surface area contributed by atoms with Crippen LogP contribution in [-0.2, 0) is 6.42 Å². The third-order valence-corrected chi connectivity index (χ3v) is 4.26. The van der Waals surface area contributed by atoms with Gasteiger partial charge in [-0.15, -0.1) is 0 Å². The van der Waals surface area contributed by atoms with Gasteiger partial charge in [-0.1, -0.05) is 30.3 Å². The van der Waals surface area contributed by atoms with Crippen molar-refractivity contribution in [1.29, 1.82) is 0 Å². The van der Waals surface area contributed by atoms with Gasteiger partial charge in [0.05, 0.1) is 12.7 Å². The average molecular weight is 316 g/mol. The van der Waals surface area contributed by atoms with Crippen LogP contribution in [0.1, 0.15) is 21.5 Å². The Morgan fingerprint density at radius 1 is 1.04 bits per heavy atom. The number of carbonyl (C=O) groups is 1. The number of carbonyl (C=O) groups excluding carboxylic acids is 1. The first-order valence-corrected chi connectivity index (χ1v) is 7.77. The van der Waals surface area contributed by atoms with Crippen LogP contribution in [0.15, 0.2) is 60.8 Å². The number of benzene rings is 2. The summed E-state index contributed by atoms with van der Waals surface area (Å²) < 4.78 is 5.01. The summed E-state index contributed by atoms with van der Waals surface area (Å²) >= 11 is 0. The number of hydrogen-bond acceptors (Lipinski definition) is 3. The summed E-state index contributed by atoms with van der Waals surface area (Å²) in [6.45, 7) is 0. The van der Waals surface area contributed by atoms with Crippen LogP contribution >= 0.6 is 0 Å². The van der Waals surface area contributed by atoms with E-state index in [0.717, 1.165) is 12.1 Å². The Morgan fingerprint density at radius 2 is 1.88 bits per heavy atom. The molecule has 1 aromatic heterocycles. The van der Waals surface area contributed by atoms with Crippen molar-refractivity contribution in [2.45, 2.75) is 6.42 Å². The lowest BCUT2D eigenvalue weighted by atomic mass is 10.1. The molecule has 0 saturated heterocycles. The molecule has 1 amide bonds. The molecule has 2 aromatic carbocycles. The lowest BCUT2D eigenvalue weighted by Gasteiger charge is -2.08. The van der Waals surface area contributed by atoms with E-state index >= 15 is 0 Å². The van der Waals surface area contributed by atoms with Gasteiger partial charge >= 0.3 is 0 Å². The zero-order valence-electron chi connectivity index (χ0n) is 13.2.